The van der Waals surface area contributed by atoms with E-state index in [9.17, 15) is 0 Å². The molecular formula is C53H36O. The Bertz CT molecular complexity index is 2910. The molecule has 1 heteroatoms. The van der Waals surface area contributed by atoms with Crippen molar-refractivity contribution in [2.75, 3.05) is 0 Å². The van der Waals surface area contributed by atoms with Gasteiger partial charge in [-0.2, -0.15) is 0 Å². The lowest BCUT2D eigenvalue weighted by atomic mass is 9.81. The second-order valence-corrected chi connectivity index (χ2v) is 14.1. The Morgan fingerprint density at radius 1 is 0.315 bits per heavy atom. The van der Waals surface area contributed by atoms with E-state index in [1.54, 1.807) is 0 Å². The lowest BCUT2D eigenvalue weighted by molar-refractivity contribution is 0.670. The van der Waals surface area contributed by atoms with Gasteiger partial charge in [-0.05, 0) is 78.5 Å². The average molecular weight is 689 g/mol. The van der Waals surface area contributed by atoms with Crippen molar-refractivity contribution in [2.45, 2.75) is 5.92 Å². The molecule has 0 aliphatic heterocycles. The highest BCUT2D eigenvalue weighted by molar-refractivity contribution is 6.09. The molecule has 0 fully saturated rings. The number of furan rings is 1. The highest BCUT2D eigenvalue weighted by Gasteiger charge is 2.20. The Hall–Kier alpha value is -6.96. The van der Waals surface area contributed by atoms with Gasteiger partial charge in [0.05, 0.1) is 0 Å². The molecule has 1 nitrogen and oxygen atoms in total. The molecule has 9 aromatic carbocycles. The van der Waals surface area contributed by atoms with Crippen LogP contribution in [0.15, 0.2) is 217 Å². The first-order valence-corrected chi connectivity index (χ1v) is 18.6. The summed E-state index contributed by atoms with van der Waals surface area (Å²) in [6.45, 7) is 0. The van der Waals surface area contributed by atoms with E-state index in [-0.39, 0.29) is 5.92 Å². The van der Waals surface area contributed by atoms with E-state index in [1.807, 2.05) is 12.1 Å². The van der Waals surface area contributed by atoms with Gasteiger partial charge in [0.2, 0.25) is 0 Å². The third-order valence-corrected chi connectivity index (χ3v) is 10.8. The van der Waals surface area contributed by atoms with Crippen molar-refractivity contribution in [3.63, 3.8) is 0 Å². The second kappa shape index (κ2) is 13.5. The predicted molar refractivity (Wildman–Crippen MR) is 227 cm³/mol. The summed E-state index contributed by atoms with van der Waals surface area (Å²) in [4.78, 5) is 0. The Kier molecular flexibility index (Phi) is 7.96. The van der Waals surface area contributed by atoms with Gasteiger partial charge in [0.1, 0.15) is 11.2 Å². The van der Waals surface area contributed by atoms with Crippen molar-refractivity contribution in [1.82, 2.24) is 0 Å². The van der Waals surface area contributed by atoms with Crippen LogP contribution in [0.4, 0.5) is 0 Å². The molecule has 0 spiro atoms. The van der Waals surface area contributed by atoms with Gasteiger partial charge in [0, 0.05) is 22.3 Å². The minimum atomic E-state index is 0.0398. The van der Waals surface area contributed by atoms with E-state index in [0.29, 0.717) is 0 Å². The van der Waals surface area contributed by atoms with Gasteiger partial charge in [0.15, 0.2) is 0 Å². The number of hydrogen-bond acceptors (Lipinski definition) is 1. The molecule has 1 heterocycles. The lowest BCUT2D eigenvalue weighted by Gasteiger charge is -2.22. The quantitative estimate of drug-likeness (QED) is 0.152. The molecule has 10 rings (SSSR count). The molecule has 10 aromatic rings. The molecule has 0 saturated heterocycles. The molecule has 254 valence electrons. The van der Waals surface area contributed by atoms with Crippen molar-refractivity contribution < 1.29 is 4.42 Å². The standard InChI is InChI=1S/C53H36O/c1-2-12-36(13-3-1)37-26-28-38(29-27-37)39-30-32-41(33-31-39)52(49-23-10-15-40-14-4-5-20-46(40)49)45-19-9-17-43(35-45)42-16-8-18-44(34-42)47-22-11-24-50-48-21-6-7-25-51(48)54-53(47)50/h1-35,52H. The van der Waals surface area contributed by atoms with Crippen LogP contribution in [0.2, 0.25) is 0 Å². The van der Waals surface area contributed by atoms with Crippen LogP contribution in [0.3, 0.4) is 0 Å². The maximum absolute atomic E-state index is 6.43. The smallest absolute Gasteiger partial charge is 0.143 e. The third kappa shape index (κ3) is 5.77. The highest BCUT2D eigenvalue weighted by atomic mass is 16.3. The highest BCUT2D eigenvalue weighted by Crippen LogP contribution is 2.40. The fourth-order valence-corrected chi connectivity index (χ4v) is 8.15. The van der Waals surface area contributed by atoms with Crippen molar-refractivity contribution in [3.8, 4) is 44.5 Å². The molecule has 1 aromatic heterocycles. The first-order valence-electron chi connectivity index (χ1n) is 18.6. The maximum Gasteiger partial charge on any atom is 0.143 e. The molecule has 0 radical (unpaired) electrons. The zero-order chi connectivity index (χ0) is 35.8. The summed E-state index contributed by atoms with van der Waals surface area (Å²) in [6.07, 6.45) is 0. The van der Waals surface area contributed by atoms with Gasteiger partial charge < -0.3 is 4.42 Å². The van der Waals surface area contributed by atoms with Gasteiger partial charge in [-0.3, -0.25) is 0 Å². The molecule has 1 atom stereocenters. The van der Waals surface area contributed by atoms with Gasteiger partial charge in [-0.1, -0.05) is 200 Å². The van der Waals surface area contributed by atoms with Crippen LogP contribution in [0, 0.1) is 0 Å². The molecule has 0 N–H and O–H groups in total. The summed E-state index contributed by atoms with van der Waals surface area (Å²) in [5.74, 6) is 0.0398. The monoisotopic (exact) mass is 688 g/mol. The van der Waals surface area contributed by atoms with Crippen LogP contribution in [0.25, 0.3) is 77.2 Å². The minimum absolute atomic E-state index is 0.0398. The van der Waals surface area contributed by atoms with E-state index >= 15 is 0 Å². The molecule has 0 saturated carbocycles. The molecular weight excluding hydrogens is 653 g/mol. The predicted octanol–water partition coefficient (Wildman–Crippen LogP) is 14.6. The first kappa shape index (κ1) is 31.7. The van der Waals surface area contributed by atoms with Crippen LogP contribution in [-0.4, -0.2) is 0 Å². The van der Waals surface area contributed by atoms with Crippen molar-refractivity contribution in [2.24, 2.45) is 0 Å². The molecule has 54 heavy (non-hydrogen) atoms. The number of benzene rings is 9. The number of rotatable bonds is 7. The summed E-state index contributed by atoms with van der Waals surface area (Å²) in [5, 5.41) is 4.81. The van der Waals surface area contributed by atoms with Gasteiger partial charge in [0.25, 0.3) is 0 Å². The Balaban J connectivity index is 1.04. The normalized spacial score (nSPS) is 12.0. The average Bonchev–Trinajstić information content (AvgIpc) is 3.64. The van der Waals surface area contributed by atoms with E-state index < -0.39 is 0 Å². The van der Waals surface area contributed by atoms with Gasteiger partial charge >= 0.3 is 0 Å². The first-order chi connectivity index (χ1) is 26.8. The van der Waals surface area contributed by atoms with Crippen molar-refractivity contribution >= 4 is 32.7 Å². The zero-order valence-electron chi connectivity index (χ0n) is 29.7. The fraction of sp³-hybridized carbons (Fsp3) is 0.0189. The number of fused-ring (bicyclic) bond motifs is 4. The Morgan fingerprint density at radius 2 is 0.852 bits per heavy atom. The molecule has 0 amide bonds. The fourth-order valence-electron chi connectivity index (χ4n) is 8.15. The summed E-state index contributed by atoms with van der Waals surface area (Å²) in [5.41, 5.74) is 15.1. The van der Waals surface area contributed by atoms with Crippen LogP contribution in [0.1, 0.15) is 22.6 Å². The van der Waals surface area contributed by atoms with E-state index in [2.05, 4.69) is 200 Å². The third-order valence-electron chi connectivity index (χ3n) is 10.8. The Morgan fingerprint density at radius 3 is 1.65 bits per heavy atom. The second-order valence-electron chi connectivity index (χ2n) is 14.1. The molecule has 1 unspecified atom stereocenters. The zero-order valence-corrected chi connectivity index (χ0v) is 29.7. The minimum Gasteiger partial charge on any atom is -0.455 e. The topological polar surface area (TPSA) is 13.1 Å². The summed E-state index contributed by atoms with van der Waals surface area (Å²) in [7, 11) is 0. The van der Waals surface area contributed by atoms with E-state index in [4.69, 9.17) is 4.42 Å². The summed E-state index contributed by atoms with van der Waals surface area (Å²) >= 11 is 0. The molecule has 0 bridgehead atoms. The molecule has 0 aliphatic rings. The van der Waals surface area contributed by atoms with Crippen LogP contribution in [-0.2, 0) is 0 Å². The lowest BCUT2D eigenvalue weighted by Crippen LogP contribution is -2.04. The van der Waals surface area contributed by atoms with Crippen molar-refractivity contribution in [3.05, 3.63) is 229 Å². The SMILES string of the molecule is c1ccc(-c2ccc(-c3ccc(C(c4cccc(-c5cccc(-c6cccc7c6oc6ccccc67)c5)c4)c4cccc5ccccc45)cc3)cc2)cc1. The van der Waals surface area contributed by atoms with Crippen LogP contribution in [0.5, 0.6) is 0 Å². The largest absolute Gasteiger partial charge is 0.455 e. The van der Waals surface area contributed by atoms with E-state index in [1.165, 1.54) is 60.8 Å². The van der Waals surface area contributed by atoms with Gasteiger partial charge in [-0.25, -0.2) is 0 Å². The number of para-hydroxylation sites is 2. The summed E-state index contributed by atoms with van der Waals surface area (Å²) < 4.78 is 6.43. The van der Waals surface area contributed by atoms with Gasteiger partial charge in [-0.15, -0.1) is 0 Å². The van der Waals surface area contributed by atoms with Crippen LogP contribution < -0.4 is 0 Å². The van der Waals surface area contributed by atoms with Crippen LogP contribution >= 0.6 is 0 Å². The van der Waals surface area contributed by atoms with E-state index in [0.717, 1.165) is 33.1 Å². The summed E-state index contributed by atoms with van der Waals surface area (Å²) in [6, 6.07) is 76.7. The Labute approximate surface area is 315 Å². The maximum atomic E-state index is 6.43. The number of hydrogen-bond donors (Lipinski definition) is 0. The van der Waals surface area contributed by atoms with Crippen molar-refractivity contribution in [1.29, 1.82) is 0 Å². The molecule has 0 aliphatic carbocycles.